The molecule has 5 nitrogen and oxygen atoms in total. The molecule has 0 fully saturated rings. The predicted molar refractivity (Wildman–Crippen MR) is 92.5 cm³/mol. The maximum Gasteiger partial charge on any atom is 0.306 e. The number of ether oxygens (including phenoxy) is 1. The molecule has 0 aliphatic heterocycles. The third-order valence-corrected chi connectivity index (χ3v) is 4.30. The summed E-state index contributed by atoms with van der Waals surface area (Å²) in [7, 11) is 0. The summed E-state index contributed by atoms with van der Waals surface area (Å²) in [6, 6.07) is 8.07. The van der Waals surface area contributed by atoms with Crippen LogP contribution in [0.1, 0.15) is 24.8 Å². The molecular formula is C19H22N2O3. The molecule has 0 saturated carbocycles. The Kier molecular flexibility index (Phi) is 5.31. The van der Waals surface area contributed by atoms with Crippen LogP contribution < -0.4 is 5.32 Å². The summed E-state index contributed by atoms with van der Waals surface area (Å²) in [6.07, 6.45) is 9.19. The van der Waals surface area contributed by atoms with Crippen molar-refractivity contribution in [1.29, 1.82) is 0 Å². The fraction of sp³-hybridized carbons (Fsp3) is 0.368. The summed E-state index contributed by atoms with van der Waals surface area (Å²) in [5.41, 5.74) is 2.25. The van der Waals surface area contributed by atoms with Gasteiger partial charge >= 0.3 is 5.97 Å². The summed E-state index contributed by atoms with van der Waals surface area (Å²) in [4.78, 5) is 26.6. The highest BCUT2D eigenvalue weighted by Gasteiger charge is 2.15. The largest absolute Gasteiger partial charge is 0.456 e. The van der Waals surface area contributed by atoms with Gasteiger partial charge in [-0.05, 0) is 36.8 Å². The van der Waals surface area contributed by atoms with E-state index >= 15 is 0 Å². The first-order valence-electron chi connectivity index (χ1n) is 8.36. The topological polar surface area (TPSA) is 71.2 Å². The number of aromatic nitrogens is 1. The molecular weight excluding hydrogens is 304 g/mol. The molecule has 3 rings (SSSR count). The summed E-state index contributed by atoms with van der Waals surface area (Å²) in [6.45, 7) is 0.312. The predicted octanol–water partition coefficient (Wildman–Crippen LogP) is 2.73. The van der Waals surface area contributed by atoms with Gasteiger partial charge in [0.1, 0.15) is 0 Å². The van der Waals surface area contributed by atoms with Crippen LogP contribution in [0.25, 0.3) is 10.9 Å². The molecule has 2 aromatic rings. The molecule has 1 amide bonds. The maximum absolute atomic E-state index is 11.8. The first-order valence-corrected chi connectivity index (χ1v) is 8.36. The minimum absolute atomic E-state index is 0.205. The van der Waals surface area contributed by atoms with E-state index in [4.69, 9.17) is 4.74 Å². The van der Waals surface area contributed by atoms with Gasteiger partial charge in [-0.25, -0.2) is 0 Å². The molecule has 24 heavy (non-hydrogen) atoms. The van der Waals surface area contributed by atoms with Crippen LogP contribution in [0.2, 0.25) is 0 Å². The fourth-order valence-electron chi connectivity index (χ4n) is 3.01. The lowest BCUT2D eigenvalue weighted by molar-refractivity contribution is -0.149. The number of fused-ring (bicyclic) bond motifs is 1. The van der Waals surface area contributed by atoms with Gasteiger partial charge < -0.3 is 15.0 Å². The summed E-state index contributed by atoms with van der Waals surface area (Å²) in [5.74, 6) is -0.300. The molecule has 1 aromatic heterocycles. The molecule has 1 aromatic carbocycles. The van der Waals surface area contributed by atoms with Crippen molar-refractivity contribution < 1.29 is 14.3 Å². The Morgan fingerprint density at radius 3 is 3.00 bits per heavy atom. The highest BCUT2D eigenvalue weighted by Crippen LogP contribution is 2.20. The Hall–Kier alpha value is -2.56. The zero-order chi connectivity index (χ0) is 16.8. The van der Waals surface area contributed by atoms with Crippen LogP contribution in [0.15, 0.2) is 42.6 Å². The van der Waals surface area contributed by atoms with Gasteiger partial charge in [0.15, 0.2) is 6.61 Å². The maximum atomic E-state index is 11.8. The van der Waals surface area contributed by atoms with Crippen molar-refractivity contribution >= 4 is 22.8 Å². The lowest BCUT2D eigenvalue weighted by Crippen LogP contribution is -2.30. The zero-order valence-corrected chi connectivity index (χ0v) is 13.6. The van der Waals surface area contributed by atoms with Gasteiger partial charge in [-0.1, -0.05) is 30.4 Å². The monoisotopic (exact) mass is 326 g/mol. The number of carbonyl (C=O) groups is 2. The Balaban J connectivity index is 1.36. The SMILES string of the molecule is O=C(COC(=O)C[C@H]1C=CCC1)NCCc1c[nH]c2ccccc12. The number of rotatable bonds is 7. The standard InChI is InChI=1S/C19H22N2O3/c22-18(13-24-19(23)11-14-5-1-2-6-14)20-10-9-15-12-21-17-8-4-3-7-16(15)17/h1,3-5,7-8,12,14,21H,2,6,9-11,13H2,(H,20,22)/t14-/m0/s1. The van der Waals surface area contributed by atoms with E-state index in [1.54, 1.807) is 0 Å². The highest BCUT2D eigenvalue weighted by molar-refractivity contribution is 5.83. The van der Waals surface area contributed by atoms with Crippen LogP contribution in [0.5, 0.6) is 0 Å². The molecule has 0 spiro atoms. The lowest BCUT2D eigenvalue weighted by atomic mass is 10.1. The van der Waals surface area contributed by atoms with Gasteiger partial charge in [-0.3, -0.25) is 9.59 Å². The van der Waals surface area contributed by atoms with Crippen molar-refractivity contribution in [2.45, 2.75) is 25.7 Å². The number of nitrogens with one attached hydrogen (secondary N) is 2. The van der Waals surface area contributed by atoms with E-state index in [2.05, 4.69) is 22.4 Å². The Bertz CT molecular complexity index is 748. The normalized spacial score (nSPS) is 16.4. The smallest absolute Gasteiger partial charge is 0.306 e. The fourth-order valence-corrected chi connectivity index (χ4v) is 3.01. The number of para-hydroxylation sites is 1. The summed E-state index contributed by atoms with van der Waals surface area (Å²) < 4.78 is 5.03. The van der Waals surface area contributed by atoms with E-state index in [1.165, 1.54) is 5.39 Å². The van der Waals surface area contributed by atoms with Gasteiger partial charge in [0.25, 0.3) is 5.91 Å². The second-order valence-corrected chi connectivity index (χ2v) is 6.09. The van der Waals surface area contributed by atoms with Crippen molar-refractivity contribution in [1.82, 2.24) is 10.3 Å². The minimum atomic E-state index is -0.307. The molecule has 1 heterocycles. The van der Waals surface area contributed by atoms with Crippen LogP contribution in [0.4, 0.5) is 0 Å². The van der Waals surface area contributed by atoms with E-state index in [0.717, 1.165) is 30.3 Å². The number of H-pyrrole nitrogens is 1. The minimum Gasteiger partial charge on any atom is -0.456 e. The van der Waals surface area contributed by atoms with Gasteiger partial charge in [-0.15, -0.1) is 0 Å². The second kappa shape index (κ2) is 7.81. The molecule has 0 saturated heterocycles. The van der Waals surface area contributed by atoms with E-state index in [1.807, 2.05) is 30.5 Å². The number of allylic oxidation sites excluding steroid dienone is 2. The van der Waals surface area contributed by atoms with E-state index in [9.17, 15) is 9.59 Å². The van der Waals surface area contributed by atoms with Gasteiger partial charge in [0.2, 0.25) is 0 Å². The first-order chi connectivity index (χ1) is 11.7. The Morgan fingerprint density at radius 1 is 1.29 bits per heavy atom. The summed E-state index contributed by atoms with van der Waals surface area (Å²) in [5, 5.41) is 3.96. The second-order valence-electron chi connectivity index (χ2n) is 6.09. The summed E-state index contributed by atoms with van der Waals surface area (Å²) >= 11 is 0. The molecule has 0 radical (unpaired) electrons. The van der Waals surface area contributed by atoms with E-state index in [-0.39, 0.29) is 24.4 Å². The lowest BCUT2D eigenvalue weighted by Gasteiger charge is -2.08. The number of aromatic amines is 1. The molecule has 1 aliphatic carbocycles. The van der Waals surface area contributed by atoms with Crippen LogP contribution >= 0.6 is 0 Å². The number of esters is 1. The van der Waals surface area contributed by atoms with Crippen molar-refractivity contribution in [2.75, 3.05) is 13.2 Å². The number of amides is 1. The van der Waals surface area contributed by atoms with Crippen molar-refractivity contribution in [3.05, 3.63) is 48.2 Å². The van der Waals surface area contributed by atoms with Gasteiger partial charge in [-0.2, -0.15) is 0 Å². The number of carbonyl (C=O) groups excluding carboxylic acids is 2. The molecule has 5 heteroatoms. The van der Waals surface area contributed by atoms with Gasteiger partial charge in [0, 0.05) is 23.6 Å². The number of hydrogen-bond acceptors (Lipinski definition) is 3. The number of benzene rings is 1. The van der Waals surface area contributed by atoms with Crippen molar-refractivity contribution in [3.63, 3.8) is 0 Å². The van der Waals surface area contributed by atoms with Crippen LogP contribution in [-0.4, -0.2) is 30.0 Å². The van der Waals surface area contributed by atoms with E-state index < -0.39 is 0 Å². The first kappa shape index (κ1) is 16.3. The quantitative estimate of drug-likeness (QED) is 0.607. The third kappa shape index (κ3) is 4.25. The molecule has 126 valence electrons. The van der Waals surface area contributed by atoms with Crippen LogP contribution in [0.3, 0.4) is 0 Å². The Labute approximate surface area is 141 Å². The van der Waals surface area contributed by atoms with Crippen LogP contribution in [0, 0.1) is 5.92 Å². The molecule has 0 unspecified atom stereocenters. The third-order valence-electron chi connectivity index (χ3n) is 4.30. The molecule has 1 aliphatic rings. The average molecular weight is 326 g/mol. The van der Waals surface area contributed by atoms with Crippen LogP contribution in [-0.2, 0) is 20.7 Å². The van der Waals surface area contributed by atoms with Crippen molar-refractivity contribution in [3.8, 4) is 0 Å². The van der Waals surface area contributed by atoms with E-state index in [0.29, 0.717) is 13.0 Å². The zero-order valence-electron chi connectivity index (χ0n) is 13.6. The van der Waals surface area contributed by atoms with Crippen molar-refractivity contribution in [2.24, 2.45) is 5.92 Å². The molecule has 2 N–H and O–H groups in total. The Morgan fingerprint density at radius 2 is 2.17 bits per heavy atom. The number of hydrogen-bond donors (Lipinski definition) is 2. The highest BCUT2D eigenvalue weighted by atomic mass is 16.5. The van der Waals surface area contributed by atoms with Gasteiger partial charge in [0.05, 0.1) is 6.42 Å². The molecule has 0 bridgehead atoms. The average Bonchev–Trinajstić information content (AvgIpc) is 3.23. The molecule has 1 atom stereocenters.